The number of rotatable bonds is 2. The van der Waals surface area contributed by atoms with Gasteiger partial charge in [-0.3, -0.25) is 0 Å². The molecule has 0 unspecified atom stereocenters. The predicted molar refractivity (Wildman–Crippen MR) is 76.9 cm³/mol. The molecular formula is C18H3F11. The molecule has 3 aromatic carbocycles. The van der Waals surface area contributed by atoms with Gasteiger partial charge in [0.1, 0.15) is 0 Å². The summed E-state index contributed by atoms with van der Waals surface area (Å²) in [5, 5.41) is 0. The Kier molecular flexibility index (Phi) is 5.01. The molecule has 3 rings (SSSR count). The minimum absolute atomic E-state index is 0.477. The lowest BCUT2D eigenvalue weighted by atomic mass is 9.91. The van der Waals surface area contributed by atoms with Crippen molar-refractivity contribution in [3.05, 3.63) is 82.2 Å². The maximum Gasteiger partial charge on any atom is 0.200 e. The first-order chi connectivity index (χ1) is 13.5. The molecule has 0 amide bonds. The molecule has 0 saturated heterocycles. The fourth-order valence-electron chi connectivity index (χ4n) is 2.64. The Morgan fingerprint density at radius 3 is 1.21 bits per heavy atom. The van der Waals surface area contributed by atoms with Gasteiger partial charge in [0.25, 0.3) is 0 Å². The molecule has 11 heteroatoms. The molecule has 0 nitrogen and oxygen atoms in total. The van der Waals surface area contributed by atoms with Crippen LogP contribution in [0, 0.1) is 64.0 Å². The van der Waals surface area contributed by atoms with Crippen molar-refractivity contribution in [3.8, 4) is 22.3 Å². The topological polar surface area (TPSA) is 0 Å². The van der Waals surface area contributed by atoms with E-state index in [1.165, 1.54) is 0 Å². The summed E-state index contributed by atoms with van der Waals surface area (Å²) in [5.41, 5.74) is -7.38. The van der Waals surface area contributed by atoms with Gasteiger partial charge >= 0.3 is 0 Å². The third kappa shape index (κ3) is 2.91. The van der Waals surface area contributed by atoms with E-state index in [9.17, 15) is 48.3 Å². The van der Waals surface area contributed by atoms with Crippen molar-refractivity contribution in [1.82, 2.24) is 0 Å². The molecule has 0 spiro atoms. The summed E-state index contributed by atoms with van der Waals surface area (Å²) >= 11 is 0. The van der Waals surface area contributed by atoms with Crippen LogP contribution in [0.4, 0.5) is 48.3 Å². The van der Waals surface area contributed by atoms with Crippen LogP contribution >= 0.6 is 0 Å². The summed E-state index contributed by atoms with van der Waals surface area (Å²) in [6.45, 7) is 0. The molecule has 0 heterocycles. The van der Waals surface area contributed by atoms with Crippen molar-refractivity contribution in [1.29, 1.82) is 0 Å². The molecule has 0 saturated carbocycles. The molecule has 152 valence electrons. The number of hydrogen-bond acceptors (Lipinski definition) is 0. The highest BCUT2D eigenvalue weighted by Crippen LogP contribution is 2.43. The van der Waals surface area contributed by atoms with Gasteiger partial charge in [0.2, 0.25) is 5.82 Å². The first-order valence-corrected chi connectivity index (χ1v) is 7.32. The van der Waals surface area contributed by atoms with Crippen LogP contribution in [0.3, 0.4) is 0 Å². The van der Waals surface area contributed by atoms with Crippen LogP contribution in [0.5, 0.6) is 0 Å². The lowest BCUT2D eigenvalue weighted by Gasteiger charge is -2.17. The van der Waals surface area contributed by atoms with E-state index in [4.69, 9.17) is 0 Å². The largest absolute Gasteiger partial charge is 0.204 e. The fourth-order valence-corrected chi connectivity index (χ4v) is 2.64. The van der Waals surface area contributed by atoms with Crippen LogP contribution < -0.4 is 0 Å². The van der Waals surface area contributed by atoms with Crippen LogP contribution in [0.25, 0.3) is 22.3 Å². The SMILES string of the molecule is Fc1cccc(-c2c(F)c(F)c(F)c(F)c2-c2c(F)c(F)c(F)c(F)c2F)c1F. The van der Waals surface area contributed by atoms with Gasteiger partial charge < -0.3 is 0 Å². The van der Waals surface area contributed by atoms with Crippen LogP contribution in [0.1, 0.15) is 0 Å². The summed E-state index contributed by atoms with van der Waals surface area (Å²) in [6, 6.07) is 1.66. The second-order valence-electron chi connectivity index (χ2n) is 5.55. The van der Waals surface area contributed by atoms with E-state index in [0.29, 0.717) is 18.2 Å². The van der Waals surface area contributed by atoms with Crippen molar-refractivity contribution in [2.45, 2.75) is 0 Å². The summed E-state index contributed by atoms with van der Waals surface area (Å²) in [5.74, 6) is -27.4. The summed E-state index contributed by atoms with van der Waals surface area (Å²) in [7, 11) is 0. The Bertz CT molecular complexity index is 1140. The fraction of sp³-hybridized carbons (Fsp3) is 0. The molecular weight excluding hydrogens is 425 g/mol. The highest BCUT2D eigenvalue weighted by atomic mass is 19.2. The number of benzene rings is 3. The molecule has 0 N–H and O–H groups in total. The Morgan fingerprint density at radius 1 is 0.345 bits per heavy atom. The molecule has 0 atom stereocenters. The quantitative estimate of drug-likeness (QED) is 0.247. The van der Waals surface area contributed by atoms with Crippen molar-refractivity contribution in [2.24, 2.45) is 0 Å². The molecule has 0 aromatic heterocycles. The van der Waals surface area contributed by atoms with Gasteiger partial charge in [-0.25, -0.2) is 48.3 Å². The minimum Gasteiger partial charge on any atom is -0.204 e. The molecule has 0 aliphatic heterocycles. The van der Waals surface area contributed by atoms with Gasteiger partial charge in [-0.15, -0.1) is 0 Å². The van der Waals surface area contributed by atoms with Gasteiger partial charge in [-0.05, 0) is 6.07 Å². The van der Waals surface area contributed by atoms with Crippen molar-refractivity contribution in [2.75, 3.05) is 0 Å². The number of halogens is 11. The van der Waals surface area contributed by atoms with Crippen LogP contribution in [-0.2, 0) is 0 Å². The zero-order chi connectivity index (χ0) is 21.8. The Hall–Kier alpha value is -3.11. The zero-order valence-corrected chi connectivity index (χ0v) is 13.4. The third-order valence-corrected chi connectivity index (χ3v) is 3.95. The van der Waals surface area contributed by atoms with Gasteiger partial charge in [-0.1, -0.05) is 12.1 Å². The molecule has 0 aliphatic rings. The summed E-state index contributed by atoms with van der Waals surface area (Å²) in [6.07, 6.45) is 0. The maximum atomic E-state index is 14.4. The molecule has 0 fully saturated rings. The first-order valence-electron chi connectivity index (χ1n) is 7.32. The lowest BCUT2D eigenvalue weighted by molar-refractivity contribution is 0.379. The average molecular weight is 428 g/mol. The smallest absolute Gasteiger partial charge is 0.200 e. The van der Waals surface area contributed by atoms with E-state index in [0.717, 1.165) is 0 Å². The Labute approximate surface area is 153 Å². The van der Waals surface area contributed by atoms with Crippen LogP contribution in [0.15, 0.2) is 18.2 Å². The van der Waals surface area contributed by atoms with E-state index in [1.807, 2.05) is 0 Å². The second-order valence-corrected chi connectivity index (χ2v) is 5.55. The van der Waals surface area contributed by atoms with Crippen molar-refractivity contribution < 1.29 is 48.3 Å². The molecule has 0 bridgehead atoms. The van der Waals surface area contributed by atoms with E-state index in [1.54, 1.807) is 0 Å². The maximum absolute atomic E-state index is 14.4. The lowest BCUT2D eigenvalue weighted by Crippen LogP contribution is -2.10. The minimum atomic E-state index is -2.70. The molecule has 0 radical (unpaired) electrons. The van der Waals surface area contributed by atoms with Crippen LogP contribution in [0.2, 0.25) is 0 Å². The highest BCUT2D eigenvalue weighted by molar-refractivity contribution is 5.85. The summed E-state index contributed by atoms with van der Waals surface area (Å²) < 4.78 is 152. The molecule has 0 aliphatic carbocycles. The second kappa shape index (κ2) is 7.05. The Balaban J connectivity index is 2.61. The van der Waals surface area contributed by atoms with Gasteiger partial charge in [0, 0.05) is 16.7 Å². The van der Waals surface area contributed by atoms with E-state index >= 15 is 0 Å². The van der Waals surface area contributed by atoms with Gasteiger partial charge in [-0.2, -0.15) is 0 Å². The highest BCUT2D eigenvalue weighted by Gasteiger charge is 2.35. The third-order valence-electron chi connectivity index (χ3n) is 3.95. The standard InChI is InChI=1S/C18H3F11/c19-5-3-1-2-4(9(5)20)6-7(11(22)15(26)14(25)10(6)21)8-12(23)16(27)18(29)17(28)13(8)24/h1-3H. The Morgan fingerprint density at radius 2 is 0.724 bits per heavy atom. The van der Waals surface area contributed by atoms with Gasteiger partial charge in [0.05, 0.1) is 5.56 Å². The summed E-state index contributed by atoms with van der Waals surface area (Å²) in [4.78, 5) is 0. The molecule has 3 aromatic rings. The van der Waals surface area contributed by atoms with Gasteiger partial charge in [0.15, 0.2) is 58.2 Å². The first kappa shape index (κ1) is 20.6. The van der Waals surface area contributed by atoms with Crippen LogP contribution in [-0.4, -0.2) is 0 Å². The zero-order valence-electron chi connectivity index (χ0n) is 13.4. The molecule has 29 heavy (non-hydrogen) atoms. The van der Waals surface area contributed by atoms with E-state index < -0.39 is 86.2 Å². The van der Waals surface area contributed by atoms with Crippen molar-refractivity contribution >= 4 is 0 Å². The average Bonchev–Trinajstić information content (AvgIpc) is 2.70. The number of hydrogen-bond donors (Lipinski definition) is 0. The van der Waals surface area contributed by atoms with E-state index in [-0.39, 0.29) is 0 Å². The monoisotopic (exact) mass is 428 g/mol. The predicted octanol–water partition coefficient (Wildman–Crippen LogP) is 6.55. The normalized spacial score (nSPS) is 11.3. The van der Waals surface area contributed by atoms with E-state index in [2.05, 4.69) is 0 Å². The van der Waals surface area contributed by atoms with Crippen molar-refractivity contribution in [3.63, 3.8) is 0 Å².